The van der Waals surface area contributed by atoms with Gasteiger partial charge in [-0.25, -0.2) is 9.13 Å². The van der Waals surface area contributed by atoms with Crippen LogP contribution in [-0.4, -0.2) is 127 Å². The number of carbonyl (C=O) groups excluding carboxylic acids is 2. The minimum absolute atomic E-state index is 0.153. The summed E-state index contributed by atoms with van der Waals surface area (Å²) >= 11 is 0. The number of unbranched alkanes of at least 4 members (excludes halogenated alkanes) is 21. The van der Waals surface area contributed by atoms with Crippen molar-refractivity contribution in [2.45, 2.75) is 242 Å². The van der Waals surface area contributed by atoms with Gasteiger partial charge < -0.3 is 54.4 Å². The van der Waals surface area contributed by atoms with E-state index < -0.39 is 89.6 Å². The first-order valence-electron chi connectivity index (χ1n) is 26.2. The molecule has 0 aromatic heterocycles. The first-order chi connectivity index (χ1) is 33.5. The molecule has 70 heavy (non-hydrogen) atoms. The molecule has 0 amide bonds. The van der Waals surface area contributed by atoms with Gasteiger partial charge in [0.1, 0.15) is 49.3 Å². The summed E-state index contributed by atoms with van der Waals surface area (Å²) in [6, 6.07) is 0. The lowest BCUT2D eigenvalue weighted by molar-refractivity contribution is -0.216. The topological polar surface area (TPSA) is 285 Å². The molecule has 0 aliphatic heterocycles. The molecule has 410 valence electrons. The first kappa shape index (κ1) is 66.2. The third-order valence-electron chi connectivity index (χ3n) is 11.8. The van der Waals surface area contributed by atoms with Crippen molar-refractivity contribution < 1.29 is 86.7 Å². The summed E-state index contributed by atoms with van der Waals surface area (Å²) in [5.41, 5.74) is 0. The lowest BCUT2D eigenvalue weighted by Gasteiger charge is -2.43. The second-order valence-corrected chi connectivity index (χ2v) is 21.0. The predicted molar refractivity (Wildman–Crippen MR) is 267 cm³/mol. The van der Waals surface area contributed by atoms with Crippen LogP contribution in [0.3, 0.4) is 0 Å². The monoisotopic (exact) mass is 1040 g/mol. The molecule has 1 aliphatic rings. The minimum atomic E-state index is -5.36. The van der Waals surface area contributed by atoms with E-state index in [1.807, 2.05) is 0 Å². The number of hydrogen-bond donors (Lipinski definition) is 8. The molecule has 0 spiro atoms. The number of allylic oxidation sites excluding steroid dienone is 6. The zero-order valence-electron chi connectivity index (χ0n) is 42.3. The largest absolute Gasteiger partial charge is 0.472 e. The second-order valence-electron chi connectivity index (χ2n) is 18.4. The van der Waals surface area contributed by atoms with E-state index in [0.717, 1.165) is 64.2 Å². The first-order valence-corrected chi connectivity index (χ1v) is 29.2. The van der Waals surface area contributed by atoms with E-state index in [1.165, 1.54) is 89.9 Å². The van der Waals surface area contributed by atoms with E-state index in [9.17, 15) is 49.1 Å². The van der Waals surface area contributed by atoms with Crippen molar-refractivity contribution in [1.29, 1.82) is 0 Å². The van der Waals surface area contributed by atoms with Gasteiger partial charge in [-0.15, -0.1) is 0 Å². The van der Waals surface area contributed by atoms with Gasteiger partial charge in [0.2, 0.25) is 0 Å². The van der Waals surface area contributed by atoms with Crippen molar-refractivity contribution in [2.24, 2.45) is 0 Å². The van der Waals surface area contributed by atoms with Crippen molar-refractivity contribution >= 4 is 27.6 Å². The lowest BCUT2D eigenvalue weighted by Crippen LogP contribution is -2.64. The van der Waals surface area contributed by atoms with E-state index in [4.69, 9.17) is 33.0 Å². The van der Waals surface area contributed by atoms with Crippen LogP contribution in [0.5, 0.6) is 0 Å². The minimum Gasteiger partial charge on any atom is -0.462 e. The molecule has 1 fully saturated rings. The Labute approximate surface area is 418 Å². The second kappa shape index (κ2) is 41.5. The van der Waals surface area contributed by atoms with Crippen molar-refractivity contribution in [1.82, 2.24) is 0 Å². The van der Waals surface area contributed by atoms with Crippen LogP contribution in [-0.2, 0) is 46.5 Å². The molecule has 0 aromatic rings. The molecule has 18 nitrogen and oxygen atoms in total. The standard InChI is InChI=1S/C50H92O18P2/c1-3-5-7-9-11-13-15-17-19-20-22-23-25-27-29-31-33-35-43(52)64-40-42(66-44(53)36-34-32-30-28-26-24-21-18-16-14-12-10-8-6-4-2)39-63-37-41(51)38-65-70(61,62)68-50-47(56)45(54)46(55)49(48(50)57)67-69(58,59)60/h11,13,17,19,22-23,41-42,45-51,54-57H,3-10,12,14-16,18,20-21,24-40H2,1-2H3,(H,61,62)(H2,58,59,60)/t41-,42+,45?,46?,47?,48?,49-,50+/m1/s1. The molecular weight excluding hydrogens is 950 g/mol. The Hall–Kier alpha value is -1.86. The Morgan fingerprint density at radius 2 is 0.929 bits per heavy atom. The van der Waals surface area contributed by atoms with Gasteiger partial charge in [0.15, 0.2) is 6.10 Å². The average molecular weight is 1040 g/mol. The van der Waals surface area contributed by atoms with Crippen LogP contribution >= 0.6 is 15.6 Å². The molecule has 1 saturated carbocycles. The highest BCUT2D eigenvalue weighted by Gasteiger charge is 2.54. The molecule has 0 heterocycles. The van der Waals surface area contributed by atoms with Crippen molar-refractivity contribution in [3.63, 3.8) is 0 Å². The number of aliphatic hydroxyl groups is 5. The van der Waals surface area contributed by atoms with Gasteiger partial charge in [-0.2, -0.15) is 0 Å². The van der Waals surface area contributed by atoms with Crippen LogP contribution in [0, 0.1) is 0 Å². The fourth-order valence-corrected chi connectivity index (χ4v) is 9.32. The highest BCUT2D eigenvalue weighted by Crippen LogP contribution is 2.48. The van der Waals surface area contributed by atoms with Crippen molar-refractivity contribution in [3.8, 4) is 0 Å². The summed E-state index contributed by atoms with van der Waals surface area (Å²) in [5.74, 6) is -0.969. The van der Waals surface area contributed by atoms with Gasteiger partial charge in [-0.05, 0) is 51.4 Å². The normalized spacial score (nSPS) is 21.7. The maximum atomic E-state index is 12.8. The van der Waals surface area contributed by atoms with Crippen LogP contribution in [0.15, 0.2) is 36.5 Å². The van der Waals surface area contributed by atoms with Crippen LogP contribution in [0.2, 0.25) is 0 Å². The maximum absolute atomic E-state index is 12.8. The average Bonchev–Trinajstić information content (AvgIpc) is 3.31. The molecule has 0 saturated heterocycles. The Bertz CT molecular complexity index is 1510. The molecule has 9 atom stereocenters. The molecule has 5 unspecified atom stereocenters. The number of hydrogen-bond acceptors (Lipinski definition) is 15. The maximum Gasteiger partial charge on any atom is 0.472 e. The van der Waals surface area contributed by atoms with E-state index in [2.05, 4.69) is 54.8 Å². The molecule has 20 heteroatoms. The van der Waals surface area contributed by atoms with Gasteiger partial charge in [-0.3, -0.25) is 23.2 Å². The molecule has 0 radical (unpaired) electrons. The Balaban J connectivity index is 2.55. The highest BCUT2D eigenvalue weighted by atomic mass is 31.2. The van der Waals surface area contributed by atoms with Gasteiger partial charge in [-0.1, -0.05) is 166 Å². The number of phosphoric ester groups is 2. The number of rotatable bonds is 45. The summed E-state index contributed by atoms with van der Waals surface area (Å²) in [6.45, 7) is 2.38. The van der Waals surface area contributed by atoms with Crippen LogP contribution in [0.4, 0.5) is 0 Å². The summed E-state index contributed by atoms with van der Waals surface area (Å²) < 4.78 is 54.3. The molecule has 0 aromatic carbocycles. The molecule has 1 rings (SSSR count). The third kappa shape index (κ3) is 35.3. The van der Waals surface area contributed by atoms with Gasteiger partial charge >= 0.3 is 27.6 Å². The number of carbonyl (C=O) groups is 2. The number of phosphoric acid groups is 2. The van der Waals surface area contributed by atoms with Crippen molar-refractivity contribution in [2.75, 3.05) is 26.4 Å². The number of ether oxygens (including phenoxy) is 3. The predicted octanol–water partition coefficient (Wildman–Crippen LogP) is 8.89. The van der Waals surface area contributed by atoms with E-state index >= 15 is 0 Å². The van der Waals surface area contributed by atoms with Gasteiger partial charge in [0, 0.05) is 12.8 Å². The number of aliphatic hydroxyl groups excluding tert-OH is 5. The highest BCUT2D eigenvalue weighted by molar-refractivity contribution is 7.47. The van der Waals surface area contributed by atoms with E-state index in [1.54, 1.807) is 0 Å². The summed E-state index contributed by atoms with van der Waals surface area (Å²) in [7, 11) is -10.6. The van der Waals surface area contributed by atoms with Gasteiger partial charge in [0.05, 0.1) is 19.8 Å². The summed E-state index contributed by atoms with van der Waals surface area (Å²) in [4.78, 5) is 53.9. The Morgan fingerprint density at radius 1 is 0.500 bits per heavy atom. The third-order valence-corrected chi connectivity index (χ3v) is 13.3. The van der Waals surface area contributed by atoms with Crippen molar-refractivity contribution in [3.05, 3.63) is 36.5 Å². The number of esters is 2. The smallest absolute Gasteiger partial charge is 0.462 e. The SMILES string of the molecule is CCCCCC=CCC=CCC=CCCCCCCC(=O)OC[C@H](COC[C@@H](O)COP(=O)(O)O[C@H]1C(O)C(O)C(O)[C@@H](OP(=O)(O)O)C1O)OC(=O)CCCCCCCCCCCCCCCCC. The molecule has 0 bridgehead atoms. The lowest BCUT2D eigenvalue weighted by atomic mass is 9.85. The fourth-order valence-electron chi connectivity index (χ4n) is 7.77. The summed E-state index contributed by atoms with van der Waals surface area (Å²) in [6.07, 6.45) is 26.3. The quantitative estimate of drug-likeness (QED) is 0.0122. The Morgan fingerprint density at radius 3 is 1.44 bits per heavy atom. The van der Waals surface area contributed by atoms with E-state index in [-0.39, 0.29) is 26.1 Å². The van der Waals surface area contributed by atoms with E-state index in [0.29, 0.717) is 12.8 Å². The van der Waals surface area contributed by atoms with Gasteiger partial charge in [0.25, 0.3) is 0 Å². The molecule has 8 N–H and O–H groups in total. The molecular formula is C50H92O18P2. The summed E-state index contributed by atoms with van der Waals surface area (Å²) in [5, 5.41) is 51.3. The van der Waals surface area contributed by atoms with Crippen LogP contribution in [0.1, 0.15) is 194 Å². The van der Waals surface area contributed by atoms with Crippen LogP contribution in [0.25, 0.3) is 0 Å². The van der Waals surface area contributed by atoms with Crippen LogP contribution < -0.4 is 0 Å². The zero-order chi connectivity index (χ0) is 51.9. The molecule has 1 aliphatic carbocycles. The Kier molecular flexibility index (Phi) is 39.2. The zero-order valence-corrected chi connectivity index (χ0v) is 44.1. The fraction of sp³-hybridized carbons (Fsp3) is 0.840.